The van der Waals surface area contributed by atoms with Crippen molar-refractivity contribution >= 4 is 58.3 Å². The monoisotopic (exact) mass is 716 g/mol. The van der Waals surface area contributed by atoms with E-state index in [1.165, 1.54) is 44.3 Å². The summed E-state index contributed by atoms with van der Waals surface area (Å²) in [5, 5.41) is 5.43. The van der Waals surface area contributed by atoms with Gasteiger partial charge in [0.2, 0.25) is 0 Å². The van der Waals surface area contributed by atoms with Crippen LogP contribution in [0.25, 0.3) is 0 Å². The molecular weight excluding hydrogens is 676 g/mol. The first-order chi connectivity index (χ1) is 25.7. The highest BCUT2D eigenvalue weighted by Gasteiger charge is 2.47. The number of carbonyl (C=O) groups excluding carboxylic acids is 6. The number of hydrazine groups is 2. The first kappa shape index (κ1) is 36.5. The molecular formula is C41H40N4O8. The Morgan fingerprint density at radius 2 is 0.774 bits per heavy atom. The number of amides is 4. The molecule has 12 heteroatoms. The summed E-state index contributed by atoms with van der Waals surface area (Å²) in [6.07, 6.45) is 3.35. The molecule has 272 valence electrons. The Balaban J connectivity index is 1.08. The molecule has 2 aliphatic heterocycles. The normalized spacial score (nSPS) is 17.2. The molecule has 2 heterocycles. The third kappa shape index (κ3) is 7.81. The minimum absolute atomic E-state index is 0.132. The number of para-hydroxylation sites is 2. The number of unbranched alkanes of at least 4 members (excludes halogenated alkanes) is 2. The standard InChI is InChI=1S/C41H40N4O8/c1-3-5-17-34-38(48)42(28-13-9-7-10-14-28)44(40(34)50)30-19-23-32(24-20-30)52-36(46)27-37(47)53-33-25-21-31(22-26-33)45-41(51)35(18-6-4-2)39(49)43(45)29-15-11-8-12-16-29/h7-16,19-26,34-35H,3-6,17-18,27H2,1-2H3. The third-order valence-electron chi connectivity index (χ3n) is 9.04. The van der Waals surface area contributed by atoms with Crippen LogP contribution in [0.2, 0.25) is 0 Å². The molecule has 0 bridgehead atoms. The van der Waals surface area contributed by atoms with Gasteiger partial charge in [-0.15, -0.1) is 0 Å². The largest absolute Gasteiger partial charge is 0.426 e. The van der Waals surface area contributed by atoms with E-state index >= 15 is 0 Å². The summed E-state index contributed by atoms with van der Waals surface area (Å²) >= 11 is 0. The number of benzene rings is 4. The zero-order valence-corrected chi connectivity index (χ0v) is 29.6. The molecule has 4 amide bonds. The first-order valence-electron chi connectivity index (χ1n) is 17.8. The van der Waals surface area contributed by atoms with Crippen LogP contribution in [0.1, 0.15) is 58.8 Å². The maximum Gasteiger partial charge on any atom is 0.322 e. The second-order valence-corrected chi connectivity index (χ2v) is 12.8. The van der Waals surface area contributed by atoms with E-state index in [-0.39, 0.29) is 35.1 Å². The van der Waals surface area contributed by atoms with Gasteiger partial charge in [-0.2, -0.15) is 0 Å². The Morgan fingerprint density at radius 3 is 1.08 bits per heavy atom. The Bertz CT molecular complexity index is 1830. The van der Waals surface area contributed by atoms with Crippen LogP contribution in [0.5, 0.6) is 11.5 Å². The van der Waals surface area contributed by atoms with Crippen LogP contribution >= 0.6 is 0 Å². The van der Waals surface area contributed by atoms with Crippen LogP contribution in [0, 0.1) is 11.8 Å². The van der Waals surface area contributed by atoms with Crippen LogP contribution in [-0.4, -0.2) is 35.6 Å². The smallest absolute Gasteiger partial charge is 0.322 e. The molecule has 2 unspecified atom stereocenters. The van der Waals surface area contributed by atoms with Gasteiger partial charge < -0.3 is 9.47 Å². The van der Waals surface area contributed by atoms with E-state index in [1.54, 1.807) is 72.8 Å². The van der Waals surface area contributed by atoms with Gasteiger partial charge in [-0.1, -0.05) is 75.9 Å². The molecule has 4 aromatic rings. The van der Waals surface area contributed by atoms with Gasteiger partial charge in [0.15, 0.2) is 0 Å². The second kappa shape index (κ2) is 16.4. The van der Waals surface area contributed by atoms with E-state index in [0.717, 1.165) is 25.7 Å². The van der Waals surface area contributed by atoms with Gasteiger partial charge in [0.1, 0.15) is 29.8 Å². The molecule has 2 atom stereocenters. The zero-order chi connectivity index (χ0) is 37.5. The van der Waals surface area contributed by atoms with E-state index in [2.05, 4.69) is 0 Å². The predicted molar refractivity (Wildman–Crippen MR) is 198 cm³/mol. The number of nitrogens with zero attached hydrogens (tertiary/aromatic N) is 4. The van der Waals surface area contributed by atoms with Gasteiger partial charge in [-0.05, 0) is 85.6 Å². The molecule has 0 saturated carbocycles. The summed E-state index contributed by atoms with van der Waals surface area (Å²) in [6, 6.07) is 30.0. The maximum absolute atomic E-state index is 13.5. The Morgan fingerprint density at radius 1 is 0.472 bits per heavy atom. The molecule has 0 N–H and O–H groups in total. The molecule has 4 aromatic carbocycles. The lowest BCUT2D eigenvalue weighted by molar-refractivity contribution is -0.144. The van der Waals surface area contributed by atoms with E-state index < -0.39 is 30.2 Å². The number of esters is 2. The van der Waals surface area contributed by atoms with E-state index in [9.17, 15) is 28.8 Å². The molecule has 2 fully saturated rings. The zero-order valence-electron chi connectivity index (χ0n) is 29.6. The fraction of sp³-hybridized carbons (Fsp3) is 0.268. The average molecular weight is 717 g/mol. The molecule has 6 rings (SSSR count). The van der Waals surface area contributed by atoms with Crippen molar-refractivity contribution in [1.82, 2.24) is 0 Å². The third-order valence-corrected chi connectivity index (χ3v) is 9.04. The van der Waals surface area contributed by atoms with Gasteiger partial charge in [0.25, 0.3) is 23.6 Å². The number of carbonyl (C=O) groups is 6. The quantitative estimate of drug-likeness (QED) is 0.0792. The Kier molecular flexibility index (Phi) is 11.3. The van der Waals surface area contributed by atoms with Crippen molar-refractivity contribution in [2.45, 2.75) is 58.8 Å². The molecule has 12 nitrogen and oxygen atoms in total. The van der Waals surface area contributed by atoms with Crippen molar-refractivity contribution in [2.24, 2.45) is 11.8 Å². The molecule has 2 saturated heterocycles. The van der Waals surface area contributed by atoms with Crippen molar-refractivity contribution in [2.75, 3.05) is 20.0 Å². The van der Waals surface area contributed by atoms with Gasteiger partial charge in [0, 0.05) is 0 Å². The lowest BCUT2D eigenvalue weighted by Gasteiger charge is -2.27. The molecule has 53 heavy (non-hydrogen) atoms. The predicted octanol–water partition coefficient (Wildman–Crippen LogP) is 6.79. The van der Waals surface area contributed by atoms with Gasteiger partial charge >= 0.3 is 11.9 Å². The molecule has 0 spiro atoms. The minimum atomic E-state index is -0.866. The number of ether oxygens (including phenoxy) is 2. The maximum atomic E-state index is 13.5. The van der Waals surface area contributed by atoms with Crippen molar-refractivity contribution in [3.05, 3.63) is 109 Å². The second-order valence-electron chi connectivity index (χ2n) is 12.8. The summed E-state index contributed by atoms with van der Waals surface area (Å²) in [5.74, 6) is -4.34. The van der Waals surface area contributed by atoms with Gasteiger partial charge in [-0.3, -0.25) is 28.8 Å². The molecule has 0 radical (unpaired) electrons. The van der Waals surface area contributed by atoms with Crippen LogP contribution in [0.15, 0.2) is 109 Å². The van der Waals surface area contributed by atoms with Crippen LogP contribution in [0.3, 0.4) is 0 Å². The van der Waals surface area contributed by atoms with Crippen molar-refractivity contribution in [3.8, 4) is 11.5 Å². The number of hydrogen-bond donors (Lipinski definition) is 0. The lowest BCUT2D eigenvalue weighted by atomic mass is 10.0. The topological polar surface area (TPSA) is 134 Å². The number of hydrogen-bond acceptors (Lipinski definition) is 8. The highest BCUT2D eigenvalue weighted by Crippen LogP contribution is 2.36. The van der Waals surface area contributed by atoms with Crippen LogP contribution < -0.4 is 29.5 Å². The molecule has 2 aliphatic rings. The minimum Gasteiger partial charge on any atom is -0.426 e. The SMILES string of the molecule is CCCCC1C(=O)N(c2ccccc2)N(c2ccc(OC(=O)CC(=O)Oc3ccc(N4C(=O)C(CCCC)C(=O)N4c4ccccc4)cc3)cc2)C1=O. The van der Waals surface area contributed by atoms with Crippen LogP contribution in [0.4, 0.5) is 22.7 Å². The summed E-state index contributed by atoms with van der Waals surface area (Å²) in [7, 11) is 0. The Labute approximate surface area is 307 Å². The summed E-state index contributed by atoms with van der Waals surface area (Å²) in [6.45, 7) is 4.00. The van der Waals surface area contributed by atoms with E-state index in [0.29, 0.717) is 35.6 Å². The van der Waals surface area contributed by atoms with Crippen molar-refractivity contribution in [3.63, 3.8) is 0 Å². The first-order valence-corrected chi connectivity index (χ1v) is 17.8. The van der Waals surface area contributed by atoms with Crippen LogP contribution in [-0.2, 0) is 28.8 Å². The van der Waals surface area contributed by atoms with E-state index in [1.807, 2.05) is 26.0 Å². The lowest BCUT2D eigenvalue weighted by Crippen LogP contribution is -2.41. The molecule has 0 aliphatic carbocycles. The van der Waals surface area contributed by atoms with Crippen molar-refractivity contribution < 1.29 is 38.2 Å². The van der Waals surface area contributed by atoms with Gasteiger partial charge in [0.05, 0.1) is 22.7 Å². The van der Waals surface area contributed by atoms with Gasteiger partial charge in [-0.25, -0.2) is 20.0 Å². The fourth-order valence-electron chi connectivity index (χ4n) is 6.38. The highest BCUT2D eigenvalue weighted by atomic mass is 16.6. The molecule has 0 aromatic heterocycles. The summed E-state index contributed by atoms with van der Waals surface area (Å²) < 4.78 is 10.7. The number of rotatable bonds is 14. The highest BCUT2D eigenvalue weighted by molar-refractivity contribution is 6.23. The Hall–Kier alpha value is -6.30. The van der Waals surface area contributed by atoms with Crippen molar-refractivity contribution in [1.29, 1.82) is 0 Å². The summed E-state index contributed by atoms with van der Waals surface area (Å²) in [5.41, 5.74) is 1.94. The van der Waals surface area contributed by atoms with E-state index in [4.69, 9.17) is 9.47 Å². The average Bonchev–Trinajstić information content (AvgIpc) is 3.57. The number of anilines is 4. The summed E-state index contributed by atoms with van der Waals surface area (Å²) in [4.78, 5) is 79.1. The fourth-order valence-corrected chi connectivity index (χ4v) is 6.38.